The van der Waals surface area contributed by atoms with Crippen LogP contribution in [0, 0.1) is 6.92 Å². The van der Waals surface area contributed by atoms with Crippen molar-refractivity contribution >= 4 is 29.5 Å². The lowest BCUT2D eigenvalue weighted by Crippen LogP contribution is -2.46. The summed E-state index contributed by atoms with van der Waals surface area (Å²) in [6.07, 6.45) is 3.34. The van der Waals surface area contributed by atoms with Gasteiger partial charge in [0, 0.05) is 56.7 Å². The third kappa shape index (κ3) is 4.47. The summed E-state index contributed by atoms with van der Waals surface area (Å²) in [6.45, 7) is 6.65. The van der Waals surface area contributed by atoms with Crippen LogP contribution in [0.2, 0.25) is 0 Å². The highest BCUT2D eigenvalue weighted by Gasteiger charge is 2.19. The fourth-order valence-electron chi connectivity index (χ4n) is 3.81. The maximum Gasteiger partial charge on any atom is 0.274 e. The quantitative estimate of drug-likeness (QED) is 0.781. The number of carbonyl (C=O) groups is 2. The summed E-state index contributed by atoms with van der Waals surface area (Å²) >= 11 is 0. The molecule has 1 aromatic heterocycles. The Bertz CT molecular complexity index is 871. The molecule has 2 aromatic rings. The number of nitrogens with zero attached hydrogens (tertiary/aromatic N) is 5. The van der Waals surface area contributed by atoms with Gasteiger partial charge >= 0.3 is 0 Å². The van der Waals surface area contributed by atoms with Crippen LogP contribution in [0.25, 0.3) is 0 Å². The lowest BCUT2D eigenvalue weighted by molar-refractivity contribution is -0.118. The highest BCUT2D eigenvalue weighted by molar-refractivity contribution is 6.03. The fraction of sp³-hybridized carbons (Fsp3) is 0.429. The average molecular weight is 394 g/mol. The molecule has 0 radical (unpaired) electrons. The summed E-state index contributed by atoms with van der Waals surface area (Å²) in [4.78, 5) is 38.6. The monoisotopic (exact) mass is 394 g/mol. The largest absolute Gasteiger partial charge is 0.372 e. The van der Waals surface area contributed by atoms with Gasteiger partial charge in [0.1, 0.15) is 17.3 Å². The van der Waals surface area contributed by atoms with Crippen LogP contribution < -0.4 is 15.1 Å². The highest BCUT2D eigenvalue weighted by Crippen LogP contribution is 2.22. The number of benzene rings is 1. The first-order valence-corrected chi connectivity index (χ1v) is 10.1. The third-order valence-electron chi connectivity index (χ3n) is 5.44. The molecule has 8 heteroatoms. The minimum absolute atomic E-state index is 0.253. The van der Waals surface area contributed by atoms with E-state index < -0.39 is 0 Å². The first-order valence-electron chi connectivity index (χ1n) is 10.1. The lowest BCUT2D eigenvalue weighted by atomic mass is 10.2. The zero-order chi connectivity index (χ0) is 20.2. The van der Waals surface area contributed by atoms with Crippen LogP contribution >= 0.6 is 0 Å². The minimum Gasteiger partial charge on any atom is -0.372 e. The van der Waals surface area contributed by atoms with Gasteiger partial charge in [-0.25, -0.2) is 9.97 Å². The van der Waals surface area contributed by atoms with Gasteiger partial charge in [0.25, 0.3) is 5.91 Å². The van der Waals surface area contributed by atoms with Gasteiger partial charge in [-0.05, 0) is 44.0 Å². The van der Waals surface area contributed by atoms with Gasteiger partial charge in [-0.3, -0.25) is 9.59 Å². The summed E-state index contributed by atoms with van der Waals surface area (Å²) in [5.74, 6) is 1.02. The average Bonchev–Trinajstić information content (AvgIpc) is 3.29. The molecule has 2 fully saturated rings. The molecule has 1 aromatic carbocycles. The first kappa shape index (κ1) is 19.2. The van der Waals surface area contributed by atoms with E-state index in [0.717, 1.165) is 31.0 Å². The molecule has 2 saturated heterocycles. The van der Waals surface area contributed by atoms with Crippen molar-refractivity contribution in [3.63, 3.8) is 0 Å². The number of aromatic nitrogens is 2. The Morgan fingerprint density at radius 3 is 2.31 bits per heavy atom. The summed E-state index contributed by atoms with van der Waals surface area (Å²) in [5, 5.41) is 2.93. The Morgan fingerprint density at radius 1 is 0.966 bits per heavy atom. The molecule has 29 heavy (non-hydrogen) atoms. The Labute approximate surface area is 170 Å². The predicted molar refractivity (Wildman–Crippen MR) is 112 cm³/mol. The zero-order valence-electron chi connectivity index (χ0n) is 16.7. The van der Waals surface area contributed by atoms with Crippen molar-refractivity contribution < 1.29 is 9.59 Å². The molecule has 0 spiro atoms. The SMILES string of the molecule is Cc1nc(C(=O)Nc2ccc(N3CCCC3)cc2)cc(N2CCN(C=O)CC2)n1. The normalized spacial score (nSPS) is 16.8. The lowest BCUT2D eigenvalue weighted by Gasteiger charge is -2.33. The van der Waals surface area contributed by atoms with E-state index in [-0.39, 0.29) is 5.91 Å². The van der Waals surface area contributed by atoms with Crippen LogP contribution in [-0.2, 0) is 4.79 Å². The molecule has 2 aliphatic rings. The molecular weight excluding hydrogens is 368 g/mol. The maximum absolute atomic E-state index is 12.8. The first-order chi connectivity index (χ1) is 14.1. The van der Waals surface area contributed by atoms with Gasteiger partial charge in [-0.2, -0.15) is 0 Å². The molecule has 2 amide bonds. The van der Waals surface area contributed by atoms with Crippen LogP contribution in [-0.4, -0.2) is 66.5 Å². The smallest absolute Gasteiger partial charge is 0.274 e. The number of amides is 2. The van der Waals surface area contributed by atoms with E-state index in [4.69, 9.17) is 0 Å². The van der Waals surface area contributed by atoms with Crippen LogP contribution in [0.4, 0.5) is 17.2 Å². The molecule has 3 heterocycles. The van der Waals surface area contributed by atoms with E-state index in [1.807, 2.05) is 24.3 Å². The van der Waals surface area contributed by atoms with Gasteiger partial charge in [-0.15, -0.1) is 0 Å². The van der Waals surface area contributed by atoms with Crippen molar-refractivity contribution in [2.45, 2.75) is 19.8 Å². The van der Waals surface area contributed by atoms with Crippen molar-refractivity contribution in [1.82, 2.24) is 14.9 Å². The standard InChI is InChI=1S/C21H26N6O2/c1-16-22-19(14-20(23-16)27-12-10-25(15-28)11-13-27)21(29)24-17-4-6-18(7-5-17)26-8-2-3-9-26/h4-7,14-15H,2-3,8-13H2,1H3,(H,24,29). The van der Waals surface area contributed by atoms with Gasteiger partial charge in [-0.1, -0.05) is 0 Å². The molecular formula is C21H26N6O2. The van der Waals surface area contributed by atoms with Gasteiger partial charge in [0.2, 0.25) is 6.41 Å². The second kappa shape index (κ2) is 8.46. The fourth-order valence-corrected chi connectivity index (χ4v) is 3.81. The molecule has 8 nitrogen and oxygen atoms in total. The van der Waals surface area contributed by atoms with E-state index in [1.54, 1.807) is 17.9 Å². The highest BCUT2D eigenvalue weighted by atomic mass is 16.2. The van der Waals surface area contributed by atoms with E-state index in [0.29, 0.717) is 37.7 Å². The molecule has 0 aliphatic carbocycles. The second-order valence-electron chi connectivity index (χ2n) is 7.48. The van der Waals surface area contributed by atoms with Crippen molar-refractivity contribution in [2.75, 3.05) is 54.4 Å². The number of hydrogen-bond donors (Lipinski definition) is 1. The molecule has 0 atom stereocenters. The molecule has 152 valence electrons. The molecule has 0 bridgehead atoms. The van der Waals surface area contributed by atoms with Crippen molar-refractivity contribution in [1.29, 1.82) is 0 Å². The number of nitrogens with one attached hydrogen (secondary N) is 1. The Hall–Kier alpha value is -3.16. The van der Waals surface area contributed by atoms with Crippen LogP contribution in [0.15, 0.2) is 30.3 Å². The third-order valence-corrected chi connectivity index (χ3v) is 5.44. The maximum atomic E-state index is 12.8. The molecule has 2 aliphatic heterocycles. The van der Waals surface area contributed by atoms with Crippen molar-refractivity contribution in [3.8, 4) is 0 Å². The molecule has 0 unspecified atom stereocenters. The molecule has 1 N–H and O–H groups in total. The van der Waals surface area contributed by atoms with E-state index in [9.17, 15) is 9.59 Å². The summed E-state index contributed by atoms with van der Waals surface area (Å²) in [6, 6.07) is 9.67. The van der Waals surface area contributed by atoms with Gasteiger partial charge in [0.15, 0.2) is 0 Å². The summed E-state index contributed by atoms with van der Waals surface area (Å²) < 4.78 is 0. The summed E-state index contributed by atoms with van der Waals surface area (Å²) in [7, 11) is 0. The molecule has 0 saturated carbocycles. The van der Waals surface area contributed by atoms with Crippen LogP contribution in [0.5, 0.6) is 0 Å². The van der Waals surface area contributed by atoms with E-state index in [2.05, 4.69) is 25.1 Å². The van der Waals surface area contributed by atoms with Crippen molar-refractivity contribution in [2.24, 2.45) is 0 Å². The number of piperazine rings is 1. The Morgan fingerprint density at radius 2 is 1.66 bits per heavy atom. The number of hydrogen-bond acceptors (Lipinski definition) is 6. The number of aryl methyl sites for hydroxylation is 1. The molecule has 4 rings (SSSR count). The summed E-state index contributed by atoms with van der Waals surface area (Å²) in [5.41, 5.74) is 2.28. The van der Waals surface area contributed by atoms with E-state index in [1.165, 1.54) is 18.5 Å². The topological polar surface area (TPSA) is 81.7 Å². The van der Waals surface area contributed by atoms with Gasteiger partial charge < -0.3 is 20.0 Å². The second-order valence-corrected chi connectivity index (χ2v) is 7.48. The van der Waals surface area contributed by atoms with Gasteiger partial charge in [0.05, 0.1) is 0 Å². The van der Waals surface area contributed by atoms with Crippen LogP contribution in [0.1, 0.15) is 29.2 Å². The van der Waals surface area contributed by atoms with Crippen LogP contribution in [0.3, 0.4) is 0 Å². The number of rotatable bonds is 5. The van der Waals surface area contributed by atoms with Crippen molar-refractivity contribution in [3.05, 3.63) is 41.9 Å². The van der Waals surface area contributed by atoms with E-state index >= 15 is 0 Å². The number of anilines is 3. The zero-order valence-corrected chi connectivity index (χ0v) is 16.7. The predicted octanol–water partition coefficient (Wildman–Crippen LogP) is 1.92. The minimum atomic E-state index is -0.253. The Kier molecular flexibility index (Phi) is 5.59. The Balaban J connectivity index is 1.44. The number of carbonyl (C=O) groups excluding carboxylic acids is 2.